The highest BCUT2D eigenvalue weighted by atomic mass is 32.2. The maximum Gasteiger partial charge on any atom is 0.230 e. The van der Waals surface area contributed by atoms with Crippen LogP contribution in [-0.4, -0.2) is 20.5 Å². The fraction of sp³-hybridized carbons (Fsp3) is 0.571. The molecule has 1 aromatic rings. The predicted molar refractivity (Wildman–Crippen MR) is 53.8 cm³/mol. The number of carbonyl (C=O) groups is 1. The smallest absolute Gasteiger partial charge is 0.230 e. The molecule has 1 atom stereocenters. The number of amides is 1. The zero-order chi connectivity index (χ0) is 9.84. The Labute approximate surface area is 85.1 Å². The Hall–Kier alpha value is -0.620. The van der Waals surface area contributed by atoms with E-state index in [0.29, 0.717) is 0 Å². The van der Waals surface area contributed by atoms with Crippen LogP contribution in [-0.2, 0) is 4.79 Å². The van der Waals surface area contributed by atoms with Crippen LogP contribution in [0.3, 0.4) is 0 Å². The van der Waals surface area contributed by atoms with Gasteiger partial charge in [0.1, 0.15) is 5.82 Å². The molecule has 0 aliphatic rings. The molecule has 0 radical (unpaired) electrons. The standard InChI is InChI=1S/C7H11N3OS2/c1-3-5(6(8)11)12-7-9-4(2)10-13-7/h5H,3H2,1-2H3,(H2,8,11). The van der Waals surface area contributed by atoms with E-state index in [4.69, 9.17) is 5.73 Å². The number of thioether (sulfide) groups is 1. The van der Waals surface area contributed by atoms with E-state index in [2.05, 4.69) is 9.36 Å². The lowest BCUT2D eigenvalue weighted by Gasteiger charge is -2.06. The van der Waals surface area contributed by atoms with Gasteiger partial charge in [0, 0.05) is 0 Å². The van der Waals surface area contributed by atoms with E-state index in [0.717, 1.165) is 16.6 Å². The Morgan fingerprint density at radius 2 is 2.46 bits per heavy atom. The lowest BCUT2D eigenvalue weighted by Crippen LogP contribution is -2.24. The SMILES string of the molecule is CCC(Sc1nc(C)ns1)C(N)=O. The van der Waals surface area contributed by atoms with Crippen LogP contribution in [0.5, 0.6) is 0 Å². The molecule has 4 nitrogen and oxygen atoms in total. The second kappa shape index (κ2) is 4.57. The molecule has 1 aromatic heterocycles. The molecule has 0 saturated heterocycles. The van der Waals surface area contributed by atoms with Crippen molar-refractivity contribution in [3.8, 4) is 0 Å². The summed E-state index contributed by atoms with van der Waals surface area (Å²) in [5.41, 5.74) is 5.20. The number of aryl methyl sites for hydroxylation is 1. The number of nitrogens with zero attached hydrogens (tertiary/aromatic N) is 2. The van der Waals surface area contributed by atoms with Crippen LogP contribution in [0.25, 0.3) is 0 Å². The molecule has 0 aliphatic carbocycles. The van der Waals surface area contributed by atoms with E-state index in [-0.39, 0.29) is 11.2 Å². The second-order valence-corrected chi connectivity index (χ2v) is 4.73. The van der Waals surface area contributed by atoms with Crippen LogP contribution >= 0.6 is 23.3 Å². The van der Waals surface area contributed by atoms with E-state index < -0.39 is 0 Å². The van der Waals surface area contributed by atoms with E-state index in [1.807, 2.05) is 13.8 Å². The summed E-state index contributed by atoms with van der Waals surface area (Å²) in [5, 5.41) is -0.188. The highest BCUT2D eigenvalue weighted by Gasteiger charge is 2.16. The molecule has 0 aliphatic heterocycles. The second-order valence-electron chi connectivity index (χ2n) is 2.52. The first-order chi connectivity index (χ1) is 6.13. The summed E-state index contributed by atoms with van der Waals surface area (Å²) in [5.74, 6) is 0.451. The summed E-state index contributed by atoms with van der Waals surface area (Å²) in [6.07, 6.45) is 0.721. The average molecular weight is 217 g/mol. The van der Waals surface area contributed by atoms with Crippen molar-refractivity contribution < 1.29 is 4.79 Å². The van der Waals surface area contributed by atoms with Crippen molar-refractivity contribution in [1.82, 2.24) is 9.36 Å². The molecule has 72 valence electrons. The highest BCUT2D eigenvalue weighted by molar-refractivity contribution is 8.02. The number of rotatable bonds is 4. The van der Waals surface area contributed by atoms with E-state index in [1.165, 1.54) is 23.3 Å². The summed E-state index contributed by atoms with van der Waals surface area (Å²) in [7, 11) is 0. The third kappa shape index (κ3) is 2.96. The number of primary amides is 1. The predicted octanol–water partition coefficient (Wildman–Crippen LogP) is 1.20. The van der Waals surface area contributed by atoms with E-state index >= 15 is 0 Å². The zero-order valence-corrected chi connectivity index (χ0v) is 9.11. The van der Waals surface area contributed by atoms with Gasteiger partial charge in [-0.3, -0.25) is 4.79 Å². The zero-order valence-electron chi connectivity index (χ0n) is 7.48. The quantitative estimate of drug-likeness (QED) is 0.769. The van der Waals surface area contributed by atoms with Gasteiger partial charge in [0.15, 0.2) is 4.34 Å². The van der Waals surface area contributed by atoms with E-state index in [1.54, 1.807) is 0 Å². The molecule has 1 heterocycles. The first kappa shape index (κ1) is 10.5. The maximum atomic E-state index is 10.9. The third-order valence-corrected chi connectivity index (χ3v) is 3.70. The van der Waals surface area contributed by atoms with E-state index in [9.17, 15) is 4.79 Å². The van der Waals surface area contributed by atoms with Crippen molar-refractivity contribution in [2.75, 3.05) is 0 Å². The molecule has 1 unspecified atom stereocenters. The number of nitrogens with two attached hydrogens (primary N) is 1. The topological polar surface area (TPSA) is 68.9 Å². The van der Waals surface area contributed by atoms with Crippen molar-refractivity contribution in [1.29, 1.82) is 0 Å². The lowest BCUT2D eigenvalue weighted by molar-refractivity contribution is -0.117. The number of hydrogen-bond acceptors (Lipinski definition) is 5. The van der Waals surface area contributed by atoms with Crippen LogP contribution in [0.1, 0.15) is 19.2 Å². The minimum absolute atomic E-state index is 0.188. The van der Waals surface area contributed by atoms with Crippen molar-refractivity contribution in [3.63, 3.8) is 0 Å². The third-order valence-electron chi connectivity index (χ3n) is 1.44. The van der Waals surface area contributed by atoms with Crippen LogP contribution in [0.15, 0.2) is 4.34 Å². The Morgan fingerprint density at radius 1 is 1.77 bits per heavy atom. The molecule has 6 heteroatoms. The fourth-order valence-corrected chi connectivity index (χ4v) is 2.56. The minimum atomic E-state index is -0.291. The molecule has 0 aromatic carbocycles. The fourth-order valence-electron chi connectivity index (χ4n) is 0.790. The van der Waals surface area contributed by atoms with Crippen molar-refractivity contribution in [2.45, 2.75) is 29.9 Å². The van der Waals surface area contributed by atoms with Gasteiger partial charge in [-0.05, 0) is 24.9 Å². The molecule has 13 heavy (non-hydrogen) atoms. The van der Waals surface area contributed by atoms with Gasteiger partial charge in [0.05, 0.1) is 5.25 Å². The van der Waals surface area contributed by atoms with Crippen LogP contribution in [0.2, 0.25) is 0 Å². The molecule has 0 spiro atoms. The summed E-state index contributed by atoms with van der Waals surface area (Å²) in [4.78, 5) is 15.0. The highest BCUT2D eigenvalue weighted by Crippen LogP contribution is 2.26. The normalized spacial score (nSPS) is 12.8. The Bertz CT molecular complexity index is 300. The van der Waals surface area contributed by atoms with Gasteiger partial charge in [-0.15, -0.1) is 0 Å². The van der Waals surface area contributed by atoms with Gasteiger partial charge in [0.25, 0.3) is 0 Å². The average Bonchev–Trinajstić information content (AvgIpc) is 2.46. The van der Waals surface area contributed by atoms with Gasteiger partial charge in [0.2, 0.25) is 5.91 Å². The Balaban J connectivity index is 2.61. The molecular weight excluding hydrogens is 206 g/mol. The van der Waals surface area contributed by atoms with Crippen LogP contribution in [0, 0.1) is 6.92 Å². The maximum absolute atomic E-state index is 10.9. The van der Waals surface area contributed by atoms with Gasteiger partial charge < -0.3 is 5.73 Å². The first-order valence-electron chi connectivity index (χ1n) is 3.89. The minimum Gasteiger partial charge on any atom is -0.369 e. The monoisotopic (exact) mass is 217 g/mol. The molecular formula is C7H11N3OS2. The summed E-state index contributed by atoms with van der Waals surface area (Å²) >= 11 is 2.69. The van der Waals surface area contributed by atoms with Crippen molar-refractivity contribution in [2.24, 2.45) is 5.73 Å². The largest absolute Gasteiger partial charge is 0.369 e. The number of carbonyl (C=O) groups excluding carboxylic acids is 1. The van der Waals surface area contributed by atoms with Crippen LogP contribution < -0.4 is 5.73 Å². The van der Waals surface area contributed by atoms with Gasteiger partial charge in [-0.1, -0.05) is 18.7 Å². The molecule has 1 amide bonds. The Morgan fingerprint density at radius 3 is 2.85 bits per heavy atom. The molecule has 0 fully saturated rings. The Kier molecular flexibility index (Phi) is 3.68. The molecule has 0 saturated carbocycles. The van der Waals surface area contributed by atoms with Gasteiger partial charge in [-0.25, -0.2) is 4.98 Å². The lowest BCUT2D eigenvalue weighted by atomic mass is 10.3. The first-order valence-corrected chi connectivity index (χ1v) is 5.55. The van der Waals surface area contributed by atoms with Gasteiger partial charge >= 0.3 is 0 Å². The summed E-state index contributed by atoms with van der Waals surface area (Å²) in [6.45, 7) is 3.75. The molecule has 2 N–H and O–H groups in total. The summed E-state index contributed by atoms with van der Waals surface area (Å²) < 4.78 is 4.83. The van der Waals surface area contributed by atoms with Gasteiger partial charge in [-0.2, -0.15) is 4.37 Å². The molecule has 0 bridgehead atoms. The van der Waals surface area contributed by atoms with Crippen molar-refractivity contribution >= 4 is 29.2 Å². The number of hydrogen-bond donors (Lipinski definition) is 1. The molecule has 1 rings (SSSR count). The number of aromatic nitrogens is 2. The van der Waals surface area contributed by atoms with Crippen molar-refractivity contribution in [3.05, 3.63) is 5.82 Å². The van der Waals surface area contributed by atoms with Crippen LogP contribution in [0.4, 0.5) is 0 Å². The summed E-state index contributed by atoms with van der Waals surface area (Å²) in [6, 6.07) is 0.